The highest BCUT2D eigenvalue weighted by atomic mass is 16.3. The Morgan fingerprint density at radius 2 is 1.83 bits per heavy atom. The number of hydrogen-bond donors (Lipinski definition) is 1. The smallest absolute Gasteiger partial charge is 0.115 e. The summed E-state index contributed by atoms with van der Waals surface area (Å²) in [6, 6.07) is 7.66. The molecule has 0 heterocycles. The van der Waals surface area contributed by atoms with Crippen LogP contribution >= 0.6 is 0 Å². The summed E-state index contributed by atoms with van der Waals surface area (Å²) in [6.45, 7) is 2.24. The minimum atomic E-state index is 0.366. The van der Waals surface area contributed by atoms with E-state index >= 15 is 0 Å². The zero-order valence-corrected chi connectivity index (χ0v) is 7.38. The molecule has 1 aliphatic rings. The van der Waals surface area contributed by atoms with Crippen molar-refractivity contribution in [3.05, 3.63) is 29.8 Å². The number of hydrogen-bond acceptors (Lipinski definition) is 1. The second-order valence-electron chi connectivity index (χ2n) is 3.68. The van der Waals surface area contributed by atoms with Gasteiger partial charge in [-0.1, -0.05) is 19.1 Å². The summed E-state index contributed by atoms with van der Waals surface area (Å²) in [5.41, 5.74) is 1.86. The van der Waals surface area contributed by atoms with Crippen LogP contribution in [0.15, 0.2) is 24.3 Å². The molecule has 1 nitrogen and oxygen atoms in total. The Morgan fingerprint density at radius 1 is 1.25 bits per heavy atom. The van der Waals surface area contributed by atoms with Gasteiger partial charge < -0.3 is 5.11 Å². The molecule has 0 aliphatic heterocycles. The summed E-state index contributed by atoms with van der Waals surface area (Å²) in [5.74, 6) is 0.366. The third-order valence-electron chi connectivity index (χ3n) is 3.01. The van der Waals surface area contributed by atoms with Gasteiger partial charge in [0.2, 0.25) is 0 Å². The van der Waals surface area contributed by atoms with E-state index in [0.29, 0.717) is 11.2 Å². The molecule has 1 heteroatoms. The first-order chi connectivity index (χ1) is 5.77. The van der Waals surface area contributed by atoms with E-state index in [1.165, 1.54) is 24.8 Å². The monoisotopic (exact) mass is 162 g/mol. The van der Waals surface area contributed by atoms with Crippen LogP contribution in [0.4, 0.5) is 0 Å². The lowest BCUT2D eigenvalue weighted by Crippen LogP contribution is -2.03. The zero-order valence-electron chi connectivity index (χ0n) is 7.38. The Balaban J connectivity index is 2.29. The maximum absolute atomic E-state index is 9.12. The van der Waals surface area contributed by atoms with Crippen molar-refractivity contribution in [2.24, 2.45) is 0 Å². The first-order valence-corrected chi connectivity index (χ1v) is 4.56. The van der Waals surface area contributed by atoms with Crippen molar-refractivity contribution in [2.45, 2.75) is 31.6 Å². The third-order valence-corrected chi connectivity index (χ3v) is 3.01. The molecular weight excluding hydrogens is 148 g/mol. The third kappa shape index (κ3) is 1.09. The molecule has 2 rings (SSSR count). The zero-order chi connectivity index (χ0) is 8.60. The van der Waals surface area contributed by atoms with Gasteiger partial charge in [0.1, 0.15) is 5.75 Å². The van der Waals surface area contributed by atoms with E-state index in [4.69, 9.17) is 5.11 Å². The van der Waals surface area contributed by atoms with Crippen molar-refractivity contribution in [1.29, 1.82) is 0 Å². The van der Waals surface area contributed by atoms with Crippen molar-refractivity contribution in [2.75, 3.05) is 0 Å². The molecule has 12 heavy (non-hydrogen) atoms. The average molecular weight is 162 g/mol. The van der Waals surface area contributed by atoms with Crippen LogP contribution in [0.1, 0.15) is 31.7 Å². The van der Waals surface area contributed by atoms with Crippen LogP contribution in [0.2, 0.25) is 0 Å². The Morgan fingerprint density at radius 3 is 2.25 bits per heavy atom. The lowest BCUT2D eigenvalue weighted by molar-refractivity contribution is 0.474. The van der Waals surface area contributed by atoms with Crippen molar-refractivity contribution in [1.82, 2.24) is 0 Å². The first kappa shape index (κ1) is 7.66. The van der Waals surface area contributed by atoms with Crippen LogP contribution in [-0.2, 0) is 5.41 Å². The topological polar surface area (TPSA) is 20.2 Å². The van der Waals surface area contributed by atoms with Gasteiger partial charge in [0, 0.05) is 0 Å². The number of aromatic hydroxyl groups is 1. The molecule has 0 bridgehead atoms. The molecule has 1 N–H and O–H groups in total. The summed E-state index contributed by atoms with van der Waals surface area (Å²) < 4.78 is 0. The summed E-state index contributed by atoms with van der Waals surface area (Å²) in [4.78, 5) is 0. The van der Waals surface area contributed by atoms with E-state index in [1.807, 2.05) is 12.1 Å². The van der Waals surface area contributed by atoms with Gasteiger partial charge in [-0.25, -0.2) is 0 Å². The van der Waals surface area contributed by atoms with Crippen LogP contribution in [0.5, 0.6) is 5.75 Å². The number of phenols is 1. The van der Waals surface area contributed by atoms with Crippen molar-refractivity contribution >= 4 is 0 Å². The average Bonchev–Trinajstić information content (AvgIpc) is 2.86. The number of rotatable bonds is 2. The van der Waals surface area contributed by atoms with Crippen LogP contribution in [-0.4, -0.2) is 5.11 Å². The molecule has 0 amide bonds. The Labute approximate surface area is 73.0 Å². The lowest BCUT2D eigenvalue weighted by Gasteiger charge is -2.12. The summed E-state index contributed by atoms with van der Waals surface area (Å²) >= 11 is 0. The van der Waals surface area contributed by atoms with E-state index in [0.717, 1.165) is 0 Å². The van der Waals surface area contributed by atoms with Crippen LogP contribution in [0, 0.1) is 0 Å². The highest BCUT2D eigenvalue weighted by molar-refractivity contribution is 5.35. The molecule has 1 fully saturated rings. The van der Waals surface area contributed by atoms with E-state index in [9.17, 15) is 0 Å². The van der Waals surface area contributed by atoms with Gasteiger partial charge in [-0.2, -0.15) is 0 Å². The molecule has 0 spiro atoms. The fourth-order valence-electron chi connectivity index (χ4n) is 1.81. The minimum Gasteiger partial charge on any atom is -0.508 e. The largest absolute Gasteiger partial charge is 0.508 e. The summed E-state index contributed by atoms with van der Waals surface area (Å²) in [7, 11) is 0. The molecule has 1 aliphatic carbocycles. The van der Waals surface area contributed by atoms with E-state index in [2.05, 4.69) is 6.92 Å². The fourth-order valence-corrected chi connectivity index (χ4v) is 1.81. The van der Waals surface area contributed by atoms with Crippen LogP contribution in [0.3, 0.4) is 0 Å². The van der Waals surface area contributed by atoms with Gasteiger partial charge in [-0.05, 0) is 42.4 Å². The highest BCUT2D eigenvalue weighted by Gasteiger charge is 2.41. The van der Waals surface area contributed by atoms with Gasteiger partial charge in [0.05, 0.1) is 0 Å². The predicted molar refractivity (Wildman–Crippen MR) is 49.3 cm³/mol. The molecule has 0 atom stereocenters. The predicted octanol–water partition coefficient (Wildman–Crippen LogP) is 2.83. The highest BCUT2D eigenvalue weighted by Crippen LogP contribution is 2.50. The lowest BCUT2D eigenvalue weighted by atomic mass is 9.93. The van der Waals surface area contributed by atoms with Crippen molar-refractivity contribution in [3.8, 4) is 5.75 Å². The molecule has 0 aromatic heterocycles. The second-order valence-corrected chi connectivity index (χ2v) is 3.68. The quantitative estimate of drug-likeness (QED) is 0.709. The van der Waals surface area contributed by atoms with Gasteiger partial charge in [0.25, 0.3) is 0 Å². The maximum Gasteiger partial charge on any atom is 0.115 e. The second kappa shape index (κ2) is 2.51. The molecule has 1 aromatic carbocycles. The SMILES string of the molecule is CCC1(c2ccc(O)cc2)CC1. The maximum atomic E-state index is 9.12. The van der Waals surface area contributed by atoms with Gasteiger partial charge in [-0.3, -0.25) is 0 Å². The Kier molecular flexibility index (Phi) is 1.60. The van der Waals surface area contributed by atoms with Crippen LogP contribution < -0.4 is 0 Å². The van der Waals surface area contributed by atoms with Crippen LogP contribution in [0.25, 0.3) is 0 Å². The molecule has 64 valence electrons. The fraction of sp³-hybridized carbons (Fsp3) is 0.455. The normalized spacial score (nSPS) is 19.1. The molecule has 1 aromatic rings. The molecule has 1 saturated carbocycles. The number of benzene rings is 1. The van der Waals surface area contributed by atoms with Gasteiger partial charge in [-0.15, -0.1) is 0 Å². The van der Waals surface area contributed by atoms with E-state index in [-0.39, 0.29) is 0 Å². The summed E-state index contributed by atoms with van der Waals surface area (Å²) in [6.07, 6.45) is 3.85. The molecule has 0 unspecified atom stereocenters. The molecule has 0 radical (unpaired) electrons. The summed E-state index contributed by atoms with van der Waals surface area (Å²) in [5, 5.41) is 9.12. The number of phenolic OH excluding ortho intramolecular Hbond substituents is 1. The van der Waals surface area contributed by atoms with E-state index < -0.39 is 0 Å². The molecule has 0 saturated heterocycles. The Hall–Kier alpha value is -0.980. The standard InChI is InChI=1S/C11H14O/c1-2-11(7-8-11)9-3-5-10(12)6-4-9/h3-6,12H,2,7-8H2,1H3. The van der Waals surface area contributed by atoms with Gasteiger partial charge >= 0.3 is 0 Å². The van der Waals surface area contributed by atoms with Crippen molar-refractivity contribution < 1.29 is 5.11 Å². The first-order valence-electron chi connectivity index (χ1n) is 4.56. The van der Waals surface area contributed by atoms with Crippen molar-refractivity contribution in [3.63, 3.8) is 0 Å². The van der Waals surface area contributed by atoms with Gasteiger partial charge in [0.15, 0.2) is 0 Å². The Bertz CT molecular complexity index is 270. The minimum absolute atomic E-state index is 0.366. The van der Waals surface area contributed by atoms with E-state index in [1.54, 1.807) is 12.1 Å². The molecular formula is C11H14O.